The fraction of sp³-hybridized carbons (Fsp3) is 0.526. The van der Waals surface area contributed by atoms with Crippen LogP contribution in [0.4, 0.5) is 0 Å². The summed E-state index contributed by atoms with van der Waals surface area (Å²) in [7, 11) is -3.63. The van der Waals surface area contributed by atoms with Gasteiger partial charge in [-0.1, -0.05) is 38.1 Å². The lowest BCUT2D eigenvalue weighted by molar-refractivity contribution is 0.101. The van der Waals surface area contributed by atoms with Crippen molar-refractivity contribution >= 4 is 15.8 Å². The molecule has 1 aromatic carbocycles. The van der Waals surface area contributed by atoms with Crippen LogP contribution in [0.25, 0.3) is 0 Å². The monoisotopic (exact) mass is 406 g/mol. The van der Waals surface area contributed by atoms with Crippen molar-refractivity contribution in [1.29, 1.82) is 0 Å². The van der Waals surface area contributed by atoms with Crippen LogP contribution in [0, 0.1) is 0 Å². The van der Waals surface area contributed by atoms with Gasteiger partial charge >= 0.3 is 0 Å². The Balaban J connectivity index is 1.64. The topological polar surface area (TPSA) is 96.6 Å². The van der Waals surface area contributed by atoms with Gasteiger partial charge < -0.3 is 4.52 Å². The van der Waals surface area contributed by atoms with Gasteiger partial charge in [0, 0.05) is 37.2 Å². The first-order valence-corrected chi connectivity index (χ1v) is 10.7. The van der Waals surface area contributed by atoms with Gasteiger partial charge in [-0.3, -0.25) is 9.69 Å². The van der Waals surface area contributed by atoms with Gasteiger partial charge in [-0.15, -0.1) is 0 Å². The second-order valence-electron chi connectivity index (χ2n) is 8.03. The number of sulfonamides is 1. The average Bonchev–Trinajstić information content (AvgIpc) is 3.11. The van der Waals surface area contributed by atoms with Crippen molar-refractivity contribution in [2.45, 2.75) is 44.6 Å². The largest absolute Gasteiger partial charge is 0.338 e. The number of ketones is 1. The molecule has 2 aromatic rings. The van der Waals surface area contributed by atoms with Crippen LogP contribution in [-0.2, 0) is 22.0 Å². The van der Waals surface area contributed by atoms with Gasteiger partial charge in [-0.2, -0.15) is 9.29 Å². The van der Waals surface area contributed by atoms with Crippen molar-refractivity contribution < 1.29 is 17.7 Å². The summed E-state index contributed by atoms with van der Waals surface area (Å²) in [4.78, 5) is 18.2. The van der Waals surface area contributed by atoms with Gasteiger partial charge in [0.15, 0.2) is 11.6 Å². The zero-order valence-corrected chi connectivity index (χ0v) is 17.5. The lowest BCUT2D eigenvalue weighted by Crippen LogP contribution is -2.48. The third-order valence-electron chi connectivity index (χ3n) is 4.71. The highest BCUT2D eigenvalue weighted by molar-refractivity contribution is 7.89. The van der Waals surface area contributed by atoms with Crippen molar-refractivity contribution in [3.63, 3.8) is 0 Å². The van der Waals surface area contributed by atoms with Gasteiger partial charge in [0.25, 0.3) is 0 Å². The Hall–Kier alpha value is -2.10. The molecule has 0 aliphatic carbocycles. The first-order chi connectivity index (χ1) is 13.1. The molecule has 0 amide bonds. The van der Waals surface area contributed by atoms with Crippen LogP contribution in [-0.4, -0.2) is 59.7 Å². The van der Waals surface area contributed by atoms with Crippen LogP contribution in [0.15, 0.2) is 33.7 Å². The van der Waals surface area contributed by atoms with Crippen molar-refractivity contribution in [3.05, 3.63) is 41.5 Å². The normalized spacial score (nSPS) is 17.0. The Bertz CT molecular complexity index is 954. The third kappa shape index (κ3) is 4.48. The molecule has 0 saturated carbocycles. The molecule has 9 heteroatoms. The number of nitrogens with zero attached hydrogens (tertiary/aromatic N) is 4. The van der Waals surface area contributed by atoms with Crippen LogP contribution in [0.1, 0.15) is 49.8 Å². The van der Waals surface area contributed by atoms with Crippen LogP contribution in [0.5, 0.6) is 0 Å². The molecule has 8 nitrogen and oxygen atoms in total. The smallest absolute Gasteiger partial charge is 0.243 e. The first kappa shape index (κ1) is 20.6. The van der Waals surface area contributed by atoms with E-state index in [0.717, 1.165) is 0 Å². The van der Waals surface area contributed by atoms with Crippen molar-refractivity contribution in [2.75, 3.05) is 26.2 Å². The molecule has 0 atom stereocenters. The molecule has 1 fully saturated rings. The number of hydrogen-bond acceptors (Lipinski definition) is 7. The van der Waals surface area contributed by atoms with Gasteiger partial charge in [0.1, 0.15) is 0 Å². The predicted molar refractivity (Wildman–Crippen MR) is 103 cm³/mol. The second kappa shape index (κ2) is 7.73. The van der Waals surface area contributed by atoms with Crippen molar-refractivity contribution in [3.8, 4) is 0 Å². The summed E-state index contributed by atoms with van der Waals surface area (Å²) in [6, 6.07) is 6.19. The quantitative estimate of drug-likeness (QED) is 0.701. The zero-order chi connectivity index (χ0) is 20.5. The molecule has 1 aliphatic heterocycles. The van der Waals surface area contributed by atoms with E-state index < -0.39 is 10.0 Å². The minimum Gasteiger partial charge on any atom is -0.338 e. The highest BCUT2D eigenvalue weighted by Crippen LogP contribution is 2.21. The maximum Gasteiger partial charge on any atom is 0.243 e. The third-order valence-corrected chi connectivity index (χ3v) is 6.60. The number of carbonyl (C=O) groups excluding carboxylic acids is 1. The molecular formula is C19H26N4O4S. The molecule has 0 spiro atoms. The molecule has 3 rings (SSSR count). The number of rotatable bonds is 5. The summed E-state index contributed by atoms with van der Waals surface area (Å²) in [5.41, 5.74) is 0.217. The molecule has 0 radical (unpaired) electrons. The van der Waals surface area contributed by atoms with E-state index in [0.29, 0.717) is 50.0 Å². The van der Waals surface area contributed by atoms with E-state index in [9.17, 15) is 13.2 Å². The Morgan fingerprint density at radius 3 is 2.43 bits per heavy atom. The standard InChI is InChI=1S/C19H26N4O4S/c1-14(24)15-6-5-7-16(12-15)28(25,26)23-10-8-22(9-11-23)13-17-20-18(21-27-17)19(2,3)4/h5-7,12H,8-11,13H2,1-4H3. The van der Waals surface area contributed by atoms with E-state index in [1.54, 1.807) is 12.1 Å². The van der Waals surface area contributed by atoms with Crippen molar-refractivity contribution in [1.82, 2.24) is 19.3 Å². The minimum atomic E-state index is -3.63. The highest BCUT2D eigenvalue weighted by atomic mass is 32.2. The fourth-order valence-corrected chi connectivity index (χ4v) is 4.44. The number of piperazine rings is 1. The zero-order valence-electron chi connectivity index (χ0n) is 16.7. The second-order valence-corrected chi connectivity index (χ2v) is 9.96. The van der Waals surface area contributed by atoms with Gasteiger partial charge in [0.2, 0.25) is 15.9 Å². The molecule has 1 aromatic heterocycles. The van der Waals surface area contributed by atoms with Gasteiger partial charge in [0.05, 0.1) is 11.4 Å². The Morgan fingerprint density at radius 1 is 1.18 bits per heavy atom. The van der Waals surface area contributed by atoms with Crippen LogP contribution in [0.3, 0.4) is 0 Å². The van der Waals surface area contributed by atoms with Crippen LogP contribution in [0.2, 0.25) is 0 Å². The molecule has 1 aliphatic rings. The lowest BCUT2D eigenvalue weighted by Gasteiger charge is -2.33. The summed E-state index contributed by atoms with van der Waals surface area (Å²) in [5, 5.41) is 4.02. The van der Waals surface area contributed by atoms with E-state index in [4.69, 9.17) is 4.52 Å². The molecule has 0 bridgehead atoms. The van der Waals surface area contributed by atoms with E-state index in [1.807, 2.05) is 20.8 Å². The molecule has 152 valence electrons. The number of hydrogen-bond donors (Lipinski definition) is 0. The lowest BCUT2D eigenvalue weighted by atomic mass is 9.96. The minimum absolute atomic E-state index is 0.153. The number of carbonyl (C=O) groups is 1. The van der Waals surface area contributed by atoms with Crippen LogP contribution < -0.4 is 0 Å². The fourth-order valence-electron chi connectivity index (χ4n) is 2.97. The molecule has 0 N–H and O–H groups in total. The maximum absolute atomic E-state index is 12.9. The maximum atomic E-state index is 12.9. The first-order valence-electron chi connectivity index (χ1n) is 9.24. The summed E-state index contributed by atoms with van der Waals surface area (Å²) >= 11 is 0. The Labute approximate surface area is 165 Å². The van der Waals surface area contributed by atoms with Gasteiger partial charge in [-0.25, -0.2) is 8.42 Å². The molecule has 28 heavy (non-hydrogen) atoms. The van der Waals surface area contributed by atoms with E-state index >= 15 is 0 Å². The number of aromatic nitrogens is 2. The number of Topliss-reactive ketones (excluding diaryl/α,β-unsaturated/α-hetero) is 1. The predicted octanol–water partition coefficient (Wildman–Crippen LogP) is 2.08. The highest BCUT2D eigenvalue weighted by Gasteiger charge is 2.30. The summed E-state index contributed by atoms with van der Waals surface area (Å²) in [5.74, 6) is 1.04. The average molecular weight is 407 g/mol. The molecule has 0 unspecified atom stereocenters. The summed E-state index contributed by atoms with van der Waals surface area (Å²) in [6.07, 6.45) is 0. The van der Waals surface area contributed by atoms with Crippen molar-refractivity contribution in [2.24, 2.45) is 0 Å². The summed E-state index contributed by atoms with van der Waals surface area (Å²) in [6.45, 7) is 9.85. The molecule has 1 saturated heterocycles. The summed E-state index contributed by atoms with van der Waals surface area (Å²) < 4.78 is 32.6. The molecular weight excluding hydrogens is 380 g/mol. The van der Waals surface area contributed by atoms with E-state index in [1.165, 1.54) is 23.4 Å². The SMILES string of the molecule is CC(=O)c1cccc(S(=O)(=O)N2CCN(Cc3nc(C(C)(C)C)no3)CC2)c1. The van der Waals surface area contributed by atoms with Crippen LogP contribution >= 0.6 is 0 Å². The van der Waals surface area contributed by atoms with E-state index in [2.05, 4.69) is 15.0 Å². The Kier molecular flexibility index (Phi) is 5.69. The molecule has 2 heterocycles. The van der Waals surface area contributed by atoms with E-state index in [-0.39, 0.29) is 16.1 Å². The Morgan fingerprint density at radius 2 is 1.86 bits per heavy atom. The number of benzene rings is 1. The van der Waals surface area contributed by atoms with Gasteiger partial charge in [-0.05, 0) is 19.1 Å².